The number of rotatable bonds is 3. The summed E-state index contributed by atoms with van der Waals surface area (Å²) in [6.45, 7) is 2.96. The fourth-order valence-electron chi connectivity index (χ4n) is 3.40. The van der Waals surface area contributed by atoms with Crippen LogP contribution in [0.5, 0.6) is 0 Å². The van der Waals surface area contributed by atoms with Crippen molar-refractivity contribution in [3.05, 3.63) is 12.2 Å². The molecular weight excluding hydrogens is 204 g/mol. The zero-order valence-corrected chi connectivity index (χ0v) is 10.3. The molecule has 1 saturated carbocycles. The van der Waals surface area contributed by atoms with Crippen molar-refractivity contribution in [2.24, 2.45) is 17.3 Å². The summed E-state index contributed by atoms with van der Waals surface area (Å²) in [4.78, 5) is 0. The maximum absolute atomic E-state index is 10.1. The van der Waals surface area contributed by atoms with Crippen molar-refractivity contribution in [3.63, 3.8) is 0 Å². The Kier molecular flexibility index (Phi) is 3.38. The van der Waals surface area contributed by atoms with Gasteiger partial charge in [0.05, 0.1) is 18.8 Å². The van der Waals surface area contributed by atoms with Crippen LogP contribution in [0.15, 0.2) is 12.2 Å². The van der Waals surface area contributed by atoms with E-state index in [0.717, 1.165) is 12.8 Å². The molecule has 1 N–H and O–H groups in total. The van der Waals surface area contributed by atoms with Crippen molar-refractivity contribution in [3.8, 4) is 0 Å². The highest BCUT2D eigenvalue weighted by Gasteiger charge is 2.50. The normalized spacial score (nSPS) is 47.0. The van der Waals surface area contributed by atoms with E-state index in [-0.39, 0.29) is 17.4 Å². The van der Waals surface area contributed by atoms with Gasteiger partial charge in [0, 0.05) is 20.1 Å². The lowest BCUT2D eigenvalue weighted by atomic mass is 9.57. The van der Waals surface area contributed by atoms with Crippen LogP contribution in [0.2, 0.25) is 0 Å². The van der Waals surface area contributed by atoms with Gasteiger partial charge in [-0.05, 0) is 24.2 Å². The van der Waals surface area contributed by atoms with Crippen LogP contribution in [0.3, 0.4) is 0 Å². The molecule has 5 atom stereocenters. The van der Waals surface area contributed by atoms with E-state index >= 15 is 0 Å². The van der Waals surface area contributed by atoms with Gasteiger partial charge in [-0.3, -0.25) is 0 Å². The van der Waals surface area contributed by atoms with Crippen molar-refractivity contribution in [1.82, 2.24) is 0 Å². The van der Waals surface area contributed by atoms with Crippen LogP contribution < -0.4 is 0 Å². The second-order valence-corrected chi connectivity index (χ2v) is 5.31. The molecule has 0 amide bonds. The molecule has 2 bridgehead atoms. The summed E-state index contributed by atoms with van der Waals surface area (Å²) < 4.78 is 10.8. The van der Waals surface area contributed by atoms with Gasteiger partial charge in [0.15, 0.2) is 0 Å². The Morgan fingerprint density at radius 1 is 1.44 bits per heavy atom. The number of ether oxygens (including phenoxy) is 2. The van der Waals surface area contributed by atoms with Crippen molar-refractivity contribution in [1.29, 1.82) is 0 Å². The van der Waals surface area contributed by atoms with Gasteiger partial charge in [0.1, 0.15) is 0 Å². The van der Waals surface area contributed by atoms with Gasteiger partial charge in [0.25, 0.3) is 0 Å². The third-order valence-electron chi connectivity index (χ3n) is 4.43. The molecular formula is C13H22O3. The first-order valence-corrected chi connectivity index (χ1v) is 6.01. The molecule has 0 aliphatic heterocycles. The minimum atomic E-state index is -0.390. The number of aliphatic hydroxyl groups is 1. The lowest BCUT2D eigenvalue weighted by molar-refractivity contribution is -0.111. The summed E-state index contributed by atoms with van der Waals surface area (Å²) in [6, 6.07) is 0. The van der Waals surface area contributed by atoms with Crippen molar-refractivity contribution in [2.75, 3.05) is 20.8 Å². The minimum Gasteiger partial charge on any atom is -0.389 e. The highest BCUT2D eigenvalue weighted by Crippen LogP contribution is 2.50. The quantitative estimate of drug-likeness (QED) is 0.743. The minimum absolute atomic E-state index is 0.160. The molecule has 92 valence electrons. The maximum atomic E-state index is 10.1. The molecule has 16 heavy (non-hydrogen) atoms. The fourth-order valence-corrected chi connectivity index (χ4v) is 3.40. The molecule has 3 nitrogen and oxygen atoms in total. The lowest BCUT2D eigenvalue weighted by Crippen LogP contribution is -2.52. The first-order valence-electron chi connectivity index (χ1n) is 6.01. The standard InChI is InChI=1S/C13H22O3/c1-13-6-4-10(14)12(9(13)8-15-2)11(16-3)5-7-13/h4,6,9-12,14H,5,7-8H2,1-3H3/t9-,10+,11+,12-,13+/m1/s1. The summed E-state index contributed by atoms with van der Waals surface area (Å²) in [5, 5.41) is 10.1. The zero-order valence-electron chi connectivity index (χ0n) is 10.3. The summed E-state index contributed by atoms with van der Waals surface area (Å²) in [6.07, 6.45) is 6.01. The lowest BCUT2D eigenvalue weighted by Gasteiger charge is -2.51. The van der Waals surface area contributed by atoms with Gasteiger partial charge in [-0.25, -0.2) is 0 Å². The van der Waals surface area contributed by atoms with Gasteiger partial charge in [-0.1, -0.05) is 19.1 Å². The van der Waals surface area contributed by atoms with Gasteiger partial charge >= 0.3 is 0 Å². The van der Waals surface area contributed by atoms with E-state index in [1.165, 1.54) is 0 Å². The van der Waals surface area contributed by atoms with Crippen LogP contribution in [0.4, 0.5) is 0 Å². The molecule has 0 heterocycles. The molecule has 1 fully saturated rings. The Balaban J connectivity index is 2.29. The van der Waals surface area contributed by atoms with Crippen LogP contribution in [-0.4, -0.2) is 38.1 Å². The molecule has 2 rings (SSSR count). The predicted molar refractivity (Wildman–Crippen MR) is 62.1 cm³/mol. The Morgan fingerprint density at radius 2 is 2.19 bits per heavy atom. The molecule has 0 aromatic carbocycles. The van der Waals surface area contributed by atoms with E-state index in [1.807, 2.05) is 6.08 Å². The van der Waals surface area contributed by atoms with Crippen LogP contribution in [0.25, 0.3) is 0 Å². The summed E-state index contributed by atoms with van der Waals surface area (Å²) in [5.74, 6) is 0.532. The third-order valence-corrected chi connectivity index (χ3v) is 4.43. The first kappa shape index (κ1) is 12.1. The predicted octanol–water partition coefficient (Wildman–Crippen LogP) is 1.61. The van der Waals surface area contributed by atoms with Crippen LogP contribution in [0, 0.1) is 17.3 Å². The smallest absolute Gasteiger partial charge is 0.0777 e. The highest BCUT2D eigenvalue weighted by atomic mass is 16.5. The summed E-state index contributed by atoms with van der Waals surface area (Å²) in [7, 11) is 3.47. The van der Waals surface area contributed by atoms with E-state index in [9.17, 15) is 5.11 Å². The van der Waals surface area contributed by atoms with Crippen molar-refractivity contribution >= 4 is 0 Å². The molecule has 0 spiro atoms. The molecule has 0 saturated heterocycles. The number of allylic oxidation sites excluding steroid dienone is 1. The second kappa shape index (κ2) is 4.47. The van der Waals surface area contributed by atoms with Gasteiger partial charge in [0.2, 0.25) is 0 Å². The first-order chi connectivity index (χ1) is 7.62. The van der Waals surface area contributed by atoms with Gasteiger partial charge in [-0.15, -0.1) is 0 Å². The number of methoxy groups -OCH3 is 2. The van der Waals surface area contributed by atoms with E-state index in [2.05, 4.69) is 13.0 Å². The average molecular weight is 226 g/mol. The summed E-state index contributed by atoms with van der Waals surface area (Å²) >= 11 is 0. The van der Waals surface area contributed by atoms with Gasteiger partial charge < -0.3 is 14.6 Å². The maximum Gasteiger partial charge on any atom is 0.0777 e. The third kappa shape index (κ3) is 1.81. The average Bonchev–Trinajstić information content (AvgIpc) is 2.27. The molecule has 2 aliphatic rings. The fraction of sp³-hybridized carbons (Fsp3) is 0.846. The van der Waals surface area contributed by atoms with Crippen molar-refractivity contribution in [2.45, 2.75) is 32.0 Å². The largest absolute Gasteiger partial charge is 0.389 e. The Morgan fingerprint density at radius 3 is 2.81 bits per heavy atom. The molecule has 0 radical (unpaired) electrons. The second-order valence-electron chi connectivity index (χ2n) is 5.31. The molecule has 2 aliphatic carbocycles. The summed E-state index contributed by atoms with van der Waals surface area (Å²) in [5.41, 5.74) is 0.162. The Labute approximate surface area is 97.4 Å². The van der Waals surface area contributed by atoms with Crippen LogP contribution in [-0.2, 0) is 9.47 Å². The number of hydrogen-bond acceptors (Lipinski definition) is 3. The van der Waals surface area contributed by atoms with E-state index in [0.29, 0.717) is 12.5 Å². The SMILES string of the molecule is COC[C@@H]1[C@H]2[C@@H](OC)CC[C@]1(C)C=C[C@@H]2O. The molecule has 0 aromatic rings. The van der Waals surface area contributed by atoms with Gasteiger partial charge in [-0.2, -0.15) is 0 Å². The number of fused-ring (bicyclic) bond motifs is 2. The topological polar surface area (TPSA) is 38.7 Å². The Bertz CT molecular complexity index is 276. The van der Waals surface area contributed by atoms with E-state index in [1.54, 1.807) is 14.2 Å². The number of hydrogen-bond donors (Lipinski definition) is 1. The number of aliphatic hydroxyl groups excluding tert-OH is 1. The van der Waals surface area contributed by atoms with E-state index < -0.39 is 6.10 Å². The molecule has 0 unspecified atom stereocenters. The van der Waals surface area contributed by atoms with E-state index in [4.69, 9.17) is 9.47 Å². The van der Waals surface area contributed by atoms with Crippen LogP contribution >= 0.6 is 0 Å². The van der Waals surface area contributed by atoms with Crippen LogP contribution in [0.1, 0.15) is 19.8 Å². The monoisotopic (exact) mass is 226 g/mol. The molecule has 0 aromatic heterocycles. The van der Waals surface area contributed by atoms with Crippen molar-refractivity contribution < 1.29 is 14.6 Å². The zero-order chi connectivity index (χ0) is 11.8. The molecule has 3 heteroatoms. The Hall–Kier alpha value is -0.380. The highest BCUT2D eigenvalue weighted by molar-refractivity contribution is 5.16.